The van der Waals surface area contributed by atoms with Gasteiger partial charge in [0.25, 0.3) is 0 Å². The van der Waals surface area contributed by atoms with Crippen LogP contribution in [0.3, 0.4) is 0 Å². The molecular formula is C20H23ClFNOS. The lowest BCUT2D eigenvalue weighted by atomic mass is 9.97. The van der Waals surface area contributed by atoms with Crippen molar-refractivity contribution in [2.45, 2.75) is 39.0 Å². The van der Waals surface area contributed by atoms with Crippen molar-refractivity contribution in [1.82, 2.24) is 5.32 Å². The molecule has 0 saturated heterocycles. The van der Waals surface area contributed by atoms with Gasteiger partial charge in [0.15, 0.2) is 0 Å². The van der Waals surface area contributed by atoms with Crippen molar-refractivity contribution >= 4 is 29.3 Å². The van der Waals surface area contributed by atoms with Gasteiger partial charge in [-0.1, -0.05) is 48.4 Å². The van der Waals surface area contributed by atoms with Gasteiger partial charge in [0.1, 0.15) is 5.82 Å². The van der Waals surface area contributed by atoms with Crippen LogP contribution in [-0.2, 0) is 10.5 Å². The zero-order chi connectivity index (χ0) is 18.4. The number of nitrogens with one attached hydrogen (secondary N) is 1. The molecule has 0 fully saturated rings. The number of carbonyl (C=O) groups excluding carboxylic acids is 1. The van der Waals surface area contributed by atoms with Crippen LogP contribution in [0.5, 0.6) is 0 Å². The number of rotatable bonds is 7. The molecule has 134 valence electrons. The minimum atomic E-state index is -0.331. The van der Waals surface area contributed by atoms with Crippen LogP contribution in [0, 0.1) is 19.7 Å². The predicted molar refractivity (Wildman–Crippen MR) is 105 cm³/mol. The fraction of sp³-hybridized carbons (Fsp3) is 0.350. The molecule has 0 aliphatic rings. The Labute approximate surface area is 158 Å². The van der Waals surface area contributed by atoms with E-state index in [1.165, 1.54) is 29.0 Å². The van der Waals surface area contributed by atoms with Crippen molar-refractivity contribution in [3.8, 4) is 0 Å². The average Bonchev–Trinajstić information content (AvgIpc) is 2.56. The molecule has 2 aromatic carbocycles. The third-order valence-electron chi connectivity index (χ3n) is 4.09. The van der Waals surface area contributed by atoms with Gasteiger partial charge in [0, 0.05) is 16.3 Å². The number of hydrogen-bond acceptors (Lipinski definition) is 2. The maximum absolute atomic E-state index is 13.7. The molecule has 0 saturated carbocycles. The third-order valence-corrected chi connectivity index (χ3v) is 5.40. The Morgan fingerprint density at radius 1 is 1.28 bits per heavy atom. The van der Waals surface area contributed by atoms with Gasteiger partial charge in [-0.05, 0) is 43.5 Å². The molecule has 0 aliphatic carbocycles. The molecule has 1 atom stereocenters. The summed E-state index contributed by atoms with van der Waals surface area (Å²) in [6, 6.07) is 10.9. The summed E-state index contributed by atoms with van der Waals surface area (Å²) in [7, 11) is 0. The summed E-state index contributed by atoms with van der Waals surface area (Å²) in [6.07, 6.45) is 0.819. The zero-order valence-corrected chi connectivity index (χ0v) is 16.3. The standard InChI is InChI=1S/C20H23ClFNOS/c1-4-19(15-9-8-13(2)10-14(15)3)23-20(24)12-25-11-16-17(21)6-5-7-18(16)22/h5-10,19H,4,11-12H2,1-3H3,(H,23,24)/t19-/m0/s1. The van der Waals surface area contributed by atoms with Crippen LogP contribution in [0.4, 0.5) is 4.39 Å². The van der Waals surface area contributed by atoms with Crippen LogP contribution in [0.25, 0.3) is 0 Å². The number of aryl methyl sites for hydroxylation is 2. The molecule has 0 bridgehead atoms. The first kappa shape index (κ1) is 19.8. The van der Waals surface area contributed by atoms with Crippen molar-refractivity contribution in [3.63, 3.8) is 0 Å². The van der Waals surface area contributed by atoms with Crippen LogP contribution in [0.2, 0.25) is 5.02 Å². The number of benzene rings is 2. The van der Waals surface area contributed by atoms with Gasteiger partial charge >= 0.3 is 0 Å². The lowest BCUT2D eigenvalue weighted by Gasteiger charge is -2.20. The minimum Gasteiger partial charge on any atom is -0.349 e. The first-order valence-corrected chi connectivity index (χ1v) is 9.82. The highest BCUT2D eigenvalue weighted by Gasteiger charge is 2.15. The summed E-state index contributed by atoms with van der Waals surface area (Å²) in [5.74, 6) is 0.261. The topological polar surface area (TPSA) is 29.1 Å². The highest BCUT2D eigenvalue weighted by atomic mass is 35.5. The zero-order valence-electron chi connectivity index (χ0n) is 14.7. The van der Waals surface area contributed by atoms with Crippen LogP contribution in [0.1, 0.15) is 41.6 Å². The summed E-state index contributed by atoms with van der Waals surface area (Å²) >= 11 is 7.37. The first-order chi connectivity index (χ1) is 11.9. The Balaban J connectivity index is 1.92. The van der Waals surface area contributed by atoms with Crippen molar-refractivity contribution in [2.24, 2.45) is 0 Å². The van der Waals surface area contributed by atoms with Crippen molar-refractivity contribution in [2.75, 3.05) is 5.75 Å². The molecule has 0 aromatic heterocycles. The Morgan fingerprint density at radius 3 is 2.68 bits per heavy atom. The first-order valence-electron chi connectivity index (χ1n) is 8.29. The number of hydrogen-bond donors (Lipinski definition) is 1. The largest absolute Gasteiger partial charge is 0.349 e. The monoisotopic (exact) mass is 379 g/mol. The van der Waals surface area contributed by atoms with Crippen molar-refractivity contribution < 1.29 is 9.18 Å². The molecule has 0 radical (unpaired) electrons. The Kier molecular flexibility index (Phi) is 7.33. The van der Waals surface area contributed by atoms with E-state index in [2.05, 4.69) is 44.3 Å². The van der Waals surface area contributed by atoms with E-state index >= 15 is 0 Å². The lowest BCUT2D eigenvalue weighted by molar-refractivity contribution is -0.119. The van der Waals surface area contributed by atoms with E-state index in [1.807, 2.05) is 0 Å². The molecule has 0 unspecified atom stereocenters. The molecule has 0 spiro atoms. The van der Waals surface area contributed by atoms with Crippen molar-refractivity contribution in [1.29, 1.82) is 0 Å². The predicted octanol–water partition coefficient (Wildman–Crippen LogP) is 5.60. The molecule has 2 rings (SSSR count). The molecule has 5 heteroatoms. The summed E-state index contributed by atoms with van der Waals surface area (Å²) in [5, 5.41) is 3.47. The SMILES string of the molecule is CC[C@H](NC(=O)CSCc1c(F)cccc1Cl)c1ccc(C)cc1C. The Hall–Kier alpha value is -1.52. The minimum absolute atomic E-state index is 0.00857. The molecule has 25 heavy (non-hydrogen) atoms. The number of thioether (sulfide) groups is 1. The highest BCUT2D eigenvalue weighted by molar-refractivity contribution is 7.99. The Morgan fingerprint density at radius 2 is 2.04 bits per heavy atom. The summed E-state index contributed by atoms with van der Waals surface area (Å²) in [6.45, 7) is 6.17. The average molecular weight is 380 g/mol. The normalized spacial score (nSPS) is 12.0. The van der Waals surface area contributed by atoms with Gasteiger partial charge in [-0.15, -0.1) is 11.8 Å². The molecule has 0 aliphatic heterocycles. The van der Waals surface area contributed by atoms with Crippen LogP contribution in [-0.4, -0.2) is 11.7 Å². The summed E-state index contributed by atoms with van der Waals surface area (Å²) < 4.78 is 13.7. The third kappa shape index (κ3) is 5.48. The molecule has 2 aromatic rings. The van der Waals surface area contributed by atoms with Crippen LogP contribution < -0.4 is 5.32 Å². The second-order valence-electron chi connectivity index (χ2n) is 6.08. The summed E-state index contributed by atoms with van der Waals surface area (Å²) in [4.78, 5) is 12.3. The molecular weight excluding hydrogens is 357 g/mol. The second-order valence-corrected chi connectivity index (χ2v) is 7.47. The van der Waals surface area contributed by atoms with Gasteiger partial charge in [0.2, 0.25) is 5.91 Å². The van der Waals surface area contributed by atoms with E-state index in [0.717, 1.165) is 12.0 Å². The van der Waals surface area contributed by atoms with Gasteiger partial charge in [0.05, 0.1) is 11.8 Å². The van der Waals surface area contributed by atoms with E-state index in [-0.39, 0.29) is 23.5 Å². The molecule has 1 amide bonds. The van der Waals surface area contributed by atoms with Crippen molar-refractivity contribution in [3.05, 3.63) is 69.5 Å². The van der Waals surface area contributed by atoms with E-state index in [4.69, 9.17) is 11.6 Å². The fourth-order valence-electron chi connectivity index (χ4n) is 2.77. The van der Waals surface area contributed by atoms with E-state index < -0.39 is 0 Å². The molecule has 1 N–H and O–H groups in total. The number of carbonyl (C=O) groups is 1. The molecule has 2 nitrogen and oxygen atoms in total. The lowest BCUT2D eigenvalue weighted by Crippen LogP contribution is -2.30. The number of halogens is 2. The molecule has 0 heterocycles. The van der Waals surface area contributed by atoms with Gasteiger partial charge in [-0.25, -0.2) is 4.39 Å². The highest BCUT2D eigenvalue weighted by Crippen LogP contribution is 2.25. The van der Waals surface area contributed by atoms with Crippen LogP contribution >= 0.6 is 23.4 Å². The van der Waals surface area contributed by atoms with Gasteiger partial charge in [-0.3, -0.25) is 4.79 Å². The van der Waals surface area contributed by atoms with Gasteiger partial charge in [-0.2, -0.15) is 0 Å². The maximum atomic E-state index is 13.7. The second kappa shape index (κ2) is 9.25. The number of amides is 1. The maximum Gasteiger partial charge on any atom is 0.230 e. The fourth-order valence-corrected chi connectivity index (χ4v) is 3.95. The van der Waals surface area contributed by atoms with Gasteiger partial charge < -0.3 is 5.32 Å². The Bertz CT molecular complexity index is 730. The van der Waals surface area contributed by atoms with E-state index in [0.29, 0.717) is 16.3 Å². The smallest absolute Gasteiger partial charge is 0.230 e. The van der Waals surface area contributed by atoms with Crippen LogP contribution in [0.15, 0.2) is 36.4 Å². The van der Waals surface area contributed by atoms with E-state index in [9.17, 15) is 9.18 Å². The quantitative estimate of drug-likeness (QED) is 0.678. The van der Waals surface area contributed by atoms with E-state index in [1.54, 1.807) is 12.1 Å². The summed E-state index contributed by atoms with van der Waals surface area (Å²) in [5.41, 5.74) is 3.98.